The van der Waals surface area contributed by atoms with E-state index in [1.165, 1.54) is 6.92 Å². The van der Waals surface area contributed by atoms with Gasteiger partial charge in [-0.15, -0.1) is 0 Å². The molecule has 0 aliphatic rings. The molecule has 0 N–H and O–H groups in total. The quantitative estimate of drug-likeness (QED) is 0.306. The second-order valence-corrected chi connectivity index (χ2v) is 6.04. The van der Waals surface area contributed by atoms with Crippen LogP contribution in [0.5, 0.6) is 11.5 Å². The van der Waals surface area contributed by atoms with Crippen LogP contribution in [0.15, 0.2) is 73.3 Å². The summed E-state index contributed by atoms with van der Waals surface area (Å²) >= 11 is 0. The molecule has 0 spiro atoms. The van der Waals surface area contributed by atoms with Gasteiger partial charge in [-0.05, 0) is 31.2 Å². The normalized spacial score (nSPS) is 12.0. The summed E-state index contributed by atoms with van der Waals surface area (Å²) in [7, 11) is -4.10. The number of carbonyl (C=O) groups excluding carboxylic acids is 1. The molecule has 0 heterocycles. The Morgan fingerprint density at radius 3 is 1.88 bits per heavy atom. The van der Waals surface area contributed by atoms with Crippen molar-refractivity contribution >= 4 is 13.8 Å². The first kappa shape index (κ1) is 17.8. The van der Waals surface area contributed by atoms with Gasteiger partial charge in [0, 0.05) is 6.08 Å². The second-order valence-electron chi connectivity index (χ2n) is 4.57. The van der Waals surface area contributed by atoms with E-state index >= 15 is 0 Å². The van der Waals surface area contributed by atoms with Crippen LogP contribution in [0.4, 0.5) is 0 Å². The first-order chi connectivity index (χ1) is 11.5. The van der Waals surface area contributed by atoms with E-state index in [1.807, 2.05) is 0 Å². The molecule has 1 unspecified atom stereocenters. The molecule has 2 aromatic rings. The molecule has 126 valence electrons. The summed E-state index contributed by atoms with van der Waals surface area (Å²) in [6.07, 6.45) is -0.185. The van der Waals surface area contributed by atoms with Crippen molar-refractivity contribution < 1.29 is 27.7 Å². The average Bonchev–Trinajstić information content (AvgIpc) is 2.55. The number of hydrogen-bond donors (Lipinski definition) is 0. The minimum Gasteiger partial charge on any atom is -0.432 e. The van der Waals surface area contributed by atoms with Crippen LogP contribution in [0.2, 0.25) is 0 Å². The molecule has 2 aromatic carbocycles. The lowest BCUT2D eigenvalue weighted by Gasteiger charge is -2.22. The molecule has 24 heavy (non-hydrogen) atoms. The maximum atomic E-state index is 12.9. The van der Waals surface area contributed by atoms with E-state index in [1.54, 1.807) is 60.7 Å². The summed E-state index contributed by atoms with van der Waals surface area (Å²) < 4.78 is 33.8. The summed E-state index contributed by atoms with van der Waals surface area (Å²) in [5, 5.41) is 0. The number of rotatable bonds is 8. The van der Waals surface area contributed by atoms with Crippen molar-refractivity contribution in [3.8, 4) is 11.5 Å². The number of hydrogen-bond acceptors (Lipinski definition) is 6. The van der Waals surface area contributed by atoms with Crippen LogP contribution in [-0.4, -0.2) is 12.3 Å². The molecule has 0 bridgehead atoms. The molecule has 7 heteroatoms. The highest BCUT2D eigenvalue weighted by molar-refractivity contribution is 7.49. The monoisotopic (exact) mass is 348 g/mol. The number of carbonyl (C=O) groups is 1. The van der Waals surface area contributed by atoms with Gasteiger partial charge in [0.15, 0.2) is 0 Å². The largest absolute Gasteiger partial charge is 0.590 e. The van der Waals surface area contributed by atoms with Gasteiger partial charge in [0.1, 0.15) is 11.5 Å². The van der Waals surface area contributed by atoms with Crippen molar-refractivity contribution in [3.05, 3.63) is 73.3 Å². The fraction of sp³-hybridized carbons (Fsp3) is 0.118. The third-order valence-electron chi connectivity index (χ3n) is 2.65. The maximum absolute atomic E-state index is 12.9. The lowest BCUT2D eigenvalue weighted by molar-refractivity contribution is -0.156. The van der Waals surface area contributed by atoms with Crippen molar-refractivity contribution in [2.45, 2.75) is 13.2 Å². The first-order valence-corrected chi connectivity index (χ1v) is 8.57. The molecule has 0 fully saturated rings. The Morgan fingerprint density at radius 1 is 1.00 bits per heavy atom. The van der Waals surface area contributed by atoms with Crippen molar-refractivity contribution in [3.63, 3.8) is 0 Å². The summed E-state index contributed by atoms with van der Waals surface area (Å²) in [6.45, 7) is 4.68. The summed E-state index contributed by atoms with van der Waals surface area (Å²) in [4.78, 5) is 11.2. The molecular weight excluding hydrogens is 331 g/mol. The average molecular weight is 348 g/mol. The summed E-state index contributed by atoms with van der Waals surface area (Å²) in [5.41, 5.74) is 0. The first-order valence-electron chi connectivity index (χ1n) is 7.11. The third-order valence-corrected chi connectivity index (χ3v) is 4.07. The highest BCUT2D eigenvalue weighted by atomic mass is 31.2. The van der Waals surface area contributed by atoms with E-state index in [-0.39, 0.29) is 0 Å². The zero-order valence-electron chi connectivity index (χ0n) is 13.0. The van der Waals surface area contributed by atoms with Crippen molar-refractivity contribution in [1.29, 1.82) is 0 Å². The van der Waals surface area contributed by atoms with Gasteiger partial charge in [-0.3, -0.25) is 0 Å². The van der Waals surface area contributed by atoms with Crippen LogP contribution >= 0.6 is 7.82 Å². The fourth-order valence-electron chi connectivity index (χ4n) is 1.70. The van der Waals surface area contributed by atoms with Gasteiger partial charge in [0.05, 0.1) is 0 Å². The Hall–Kier alpha value is -2.56. The SMILES string of the molecule is C=CC(=O)OC(C)OP(=O)(Oc1ccccc1)Oc1ccccc1. The molecule has 2 rings (SSSR count). The van der Waals surface area contributed by atoms with Gasteiger partial charge < -0.3 is 13.8 Å². The third kappa shape index (κ3) is 5.57. The molecule has 0 aromatic heterocycles. The highest BCUT2D eigenvalue weighted by Gasteiger charge is 2.34. The molecule has 0 saturated carbocycles. The van der Waals surface area contributed by atoms with E-state index in [9.17, 15) is 9.36 Å². The van der Waals surface area contributed by atoms with Crippen LogP contribution in [0.1, 0.15) is 6.92 Å². The highest BCUT2D eigenvalue weighted by Crippen LogP contribution is 2.50. The predicted molar refractivity (Wildman–Crippen MR) is 88.6 cm³/mol. The standard InChI is InChI=1S/C17H17O6P/c1-3-17(18)20-14(2)21-24(19,22-15-10-6-4-7-11-15)23-16-12-8-5-9-13-16/h3-14H,1H2,2H3. The fourth-order valence-corrected chi connectivity index (χ4v) is 2.99. The van der Waals surface area contributed by atoms with E-state index in [0.717, 1.165) is 6.08 Å². The van der Waals surface area contributed by atoms with E-state index in [4.69, 9.17) is 18.3 Å². The van der Waals surface area contributed by atoms with Crippen LogP contribution < -0.4 is 9.05 Å². The van der Waals surface area contributed by atoms with Gasteiger partial charge in [-0.1, -0.05) is 43.0 Å². The van der Waals surface area contributed by atoms with Crippen LogP contribution in [0.3, 0.4) is 0 Å². The predicted octanol–water partition coefficient (Wildman–Crippen LogP) is 4.34. The minimum absolute atomic E-state index is 0.291. The number of phosphoric ester groups is 1. The molecule has 0 aliphatic carbocycles. The molecular formula is C17H17O6P. The lowest BCUT2D eigenvalue weighted by atomic mass is 10.3. The van der Waals surface area contributed by atoms with Crippen molar-refractivity contribution in [2.75, 3.05) is 0 Å². The number of benzene rings is 2. The maximum Gasteiger partial charge on any atom is 0.590 e. The summed E-state index contributed by atoms with van der Waals surface area (Å²) in [6, 6.07) is 16.8. The minimum atomic E-state index is -4.10. The Labute approximate surface area is 140 Å². The van der Waals surface area contributed by atoms with Crippen LogP contribution in [-0.2, 0) is 18.6 Å². The smallest absolute Gasteiger partial charge is 0.432 e. The van der Waals surface area contributed by atoms with Crippen molar-refractivity contribution in [2.24, 2.45) is 0 Å². The molecule has 0 amide bonds. The number of para-hydroxylation sites is 2. The summed E-state index contributed by atoms with van der Waals surface area (Å²) in [5.74, 6) is -0.133. The zero-order valence-corrected chi connectivity index (χ0v) is 13.9. The Balaban J connectivity index is 2.18. The van der Waals surface area contributed by atoms with Gasteiger partial charge in [0.25, 0.3) is 0 Å². The molecule has 1 atom stereocenters. The van der Waals surface area contributed by atoms with Crippen molar-refractivity contribution in [1.82, 2.24) is 0 Å². The van der Waals surface area contributed by atoms with Gasteiger partial charge in [-0.2, -0.15) is 0 Å². The van der Waals surface area contributed by atoms with E-state index < -0.39 is 20.1 Å². The molecule has 0 saturated heterocycles. The van der Waals surface area contributed by atoms with Gasteiger partial charge in [0.2, 0.25) is 6.29 Å². The van der Waals surface area contributed by atoms with Crippen LogP contribution in [0, 0.1) is 0 Å². The van der Waals surface area contributed by atoms with Gasteiger partial charge >= 0.3 is 13.8 Å². The zero-order chi connectivity index (χ0) is 17.4. The number of phosphoric acid groups is 1. The Bertz CT molecular complexity index is 671. The van der Waals surface area contributed by atoms with E-state index in [2.05, 4.69) is 6.58 Å². The molecule has 6 nitrogen and oxygen atoms in total. The van der Waals surface area contributed by atoms with Gasteiger partial charge in [-0.25, -0.2) is 13.9 Å². The number of ether oxygens (including phenoxy) is 1. The molecule has 0 radical (unpaired) electrons. The topological polar surface area (TPSA) is 71.1 Å². The second kappa shape index (κ2) is 8.34. The lowest BCUT2D eigenvalue weighted by Crippen LogP contribution is -2.18. The molecule has 0 aliphatic heterocycles. The van der Waals surface area contributed by atoms with E-state index in [0.29, 0.717) is 11.5 Å². The Morgan fingerprint density at radius 2 is 1.46 bits per heavy atom. The Kier molecular flexibility index (Phi) is 6.18. The number of esters is 1. The van der Waals surface area contributed by atoms with Crippen LogP contribution in [0.25, 0.3) is 0 Å².